The lowest BCUT2D eigenvalue weighted by atomic mass is 9.75. The van der Waals surface area contributed by atoms with Crippen LogP contribution < -0.4 is 5.32 Å². The Morgan fingerprint density at radius 2 is 1.72 bits per heavy atom. The number of aliphatic hydroxyl groups is 3. The molecule has 1 aliphatic carbocycles. The Morgan fingerprint density at radius 3 is 2.31 bits per heavy atom. The molecular weight excluding hydrogens is 464 g/mol. The normalized spacial score (nSPS) is 19.2. The monoisotopic (exact) mass is 495 g/mol. The van der Waals surface area contributed by atoms with Gasteiger partial charge in [-0.15, -0.1) is 0 Å². The lowest BCUT2D eigenvalue weighted by molar-refractivity contribution is -0.0512. The largest absolute Gasteiger partial charge is 0.393 e. The van der Waals surface area contributed by atoms with Crippen molar-refractivity contribution in [2.45, 2.75) is 49.8 Å². The topological polar surface area (TPSA) is 90.5 Å². The number of hydrogen-bond donors (Lipinski definition) is 4. The minimum Gasteiger partial charge on any atom is -0.393 e. The van der Waals surface area contributed by atoms with Gasteiger partial charge in [-0.25, -0.2) is 13.8 Å². The zero-order chi connectivity index (χ0) is 25.7. The van der Waals surface area contributed by atoms with Crippen molar-refractivity contribution in [3.05, 3.63) is 77.9 Å². The highest BCUT2D eigenvalue weighted by atomic mass is 19.3. The molecule has 4 rings (SSSR count). The SMILES string of the molecule is CC(O)c1nccn1C(C#Cc1ccc(-c2ccc(C3CC(NCC(F)(F)CO)C3)cc2)cc1)CO. The van der Waals surface area contributed by atoms with Crippen LogP contribution in [0.1, 0.15) is 54.8 Å². The zero-order valence-corrected chi connectivity index (χ0v) is 20.1. The van der Waals surface area contributed by atoms with E-state index in [2.05, 4.69) is 46.4 Å². The maximum atomic E-state index is 13.2. The fourth-order valence-electron chi connectivity index (χ4n) is 4.38. The number of aromatic nitrogens is 2. The van der Waals surface area contributed by atoms with Crippen LogP contribution in [0, 0.1) is 11.8 Å². The molecule has 0 bridgehead atoms. The highest BCUT2D eigenvalue weighted by Gasteiger charge is 2.34. The molecule has 0 spiro atoms. The highest BCUT2D eigenvalue weighted by Crippen LogP contribution is 2.37. The smallest absolute Gasteiger partial charge is 0.282 e. The summed E-state index contributed by atoms with van der Waals surface area (Å²) in [4.78, 5) is 4.13. The number of benzene rings is 2. The van der Waals surface area contributed by atoms with Crippen LogP contribution >= 0.6 is 0 Å². The molecule has 0 amide bonds. The van der Waals surface area contributed by atoms with E-state index < -0.39 is 31.2 Å². The van der Waals surface area contributed by atoms with Gasteiger partial charge in [0.25, 0.3) is 5.92 Å². The molecule has 2 atom stereocenters. The van der Waals surface area contributed by atoms with Gasteiger partial charge in [-0.3, -0.25) is 0 Å². The van der Waals surface area contributed by atoms with E-state index in [1.165, 1.54) is 5.56 Å². The molecule has 0 aliphatic heterocycles. The first kappa shape index (κ1) is 26.0. The van der Waals surface area contributed by atoms with Crippen LogP contribution in [-0.2, 0) is 0 Å². The van der Waals surface area contributed by atoms with Gasteiger partial charge in [0.2, 0.25) is 0 Å². The Labute approximate surface area is 209 Å². The van der Waals surface area contributed by atoms with Gasteiger partial charge >= 0.3 is 0 Å². The molecule has 0 saturated heterocycles. The minimum absolute atomic E-state index is 0.0543. The second-order valence-electron chi connectivity index (χ2n) is 9.30. The number of imidazole rings is 1. The second-order valence-corrected chi connectivity index (χ2v) is 9.30. The standard InChI is InChI=1S/C28H31F2N3O3/c1-19(36)27-31-12-13-33(27)26(16-34)11-4-20-2-5-21(6-3-20)22-7-9-23(10-8-22)24-14-25(15-24)32-17-28(29,30)18-35/h2-3,5-10,12-13,19,24-26,32,34-36H,14-18H2,1H3. The molecule has 8 heteroatoms. The van der Waals surface area contributed by atoms with Crippen LogP contribution in [0.5, 0.6) is 0 Å². The summed E-state index contributed by atoms with van der Waals surface area (Å²) in [5.41, 5.74) is 4.13. The van der Waals surface area contributed by atoms with Crippen LogP contribution in [0.15, 0.2) is 60.9 Å². The van der Waals surface area contributed by atoms with Crippen molar-refractivity contribution < 1.29 is 24.1 Å². The molecular formula is C28H31F2N3O3. The van der Waals surface area contributed by atoms with Crippen LogP contribution in [0.2, 0.25) is 0 Å². The molecule has 4 N–H and O–H groups in total. The summed E-state index contributed by atoms with van der Waals surface area (Å²) < 4.78 is 28.0. The number of aliphatic hydroxyl groups excluding tert-OH is 3. The summed E-state index contributed by atoms with van der Waals surface area (Å²) in [5.74, 6) is 3.87. The number of rotatable bonds is 9. The molecule has 6 nitrogen and oxygen atoms in total. The third-order valence-corrected chi connectivity index (χ3v) is 6.58. The predicted molar refractivity (Wildman–Crippen MR) is 134 cm³/mol. The molecule has 36 heavy (non-hydrogen) atoms. The van der Waals surface area contributed by atoms with Gasteiger partial charge < -0.3 is 25.2 Å². The maximum absolute atomic E-state index is 13.2. The van der Waals surface area contributed by atoms with Gasteiger partial charge in [0.05, 0.1) is 13.2 Å². The predicted octanol–water partition coefficient (Wildman–Crippen LogP) is 3.65. The molecule has 1 saturated carbocycles. The minimum atomic E-state index is -3.07. The van der Waals surface area contributed by atoms with Gasteiger partial charge in [-0.05, 0) is 54.5 Å². The van der Waals surface area contributed by atoms with E-state index in [4.69, 9.17) is 5.11 Å². The molecule has 2 aromatic carbocycles. The van der Waals surface area contributed by atoms with E-state index in [0.717, 1.165) is 29.5 Å². The molecule has 3 aromatic rings. The van der Waals surface area contributed by atoms with Gasteiger partial charge in [0.15, 0.2) is 0 Å². The summed E-state index contributed by atoms with van der Waals surface area (Å²) >= 11 is 0. The van der Waals surface area contributed by atoms with Crippen molar-refractivity contribution in [2.24, 2.45) is 0 Å². The van der Waals surface area contributed by atoms with Crippen molar-refractivity contribution in [1.82, 2.24) is 14.9 Å². The molecule has 1 aliphatic rings. The summed E-state index contributed by atoms with van der Waals surface area (Å²) in [6.07, 6.45) is 4.13. The molecule has 190 valence electrons. The number of halogens is 2. The summed E-state index contributed by atoms with van der Waals surface area (Å²) in [6.45, 7) is -0.199. The number of hydrogen-bond acceptors (Lipinski definition) is 5. The van der Waals surface area contributed by atoms with Gasteiger partial charge in [-0.2, -0.15) is 0 Å². The number of alkyl halides is 2. The van der Waals surface area contributed by atoms with Crippen LogP contribution in [0.3, 0.4) is 0 Å². The summed E-state index contributed by atoms with van der Waals surface area (Å²) in [6, 6.07) is 15.7. The maximum Gasteiger partial charge on any atom is 0.282 e. The first-order valence-corrected chi connectivity index (χ1v) is 12.1. The third kappa shape index (κ3) is 6.18. The molecule has 1 fully saturated rings. The van der Waals surface area contributed by atoms with E-state index in [-0.39, 0.29) is 12.6 Å². The lowest BCUT2D eigenvalue weighted by Crippen LogP contribution is -2.46. The third-order valence-electron chi connectivity index (χ3n) is 6.58. The van der Waals surface area contributed by atoms with Crippen molar-refractivity contribution in [3.8, 4) is 23.0 Å². The van der Waals surface area contributed by atoms with E-state index in [0.29, 0.717) is 11.7 Å². The number of nitrogens with zero attached hydrogens (tertiary/aromatic N) is 2. The van der Waals surface area contributed by atoms with E-state index in [1.54, 1.807) is 23.9 Å². The Kier molecular flexibility index (Phi) is 8.17. The van der Waals surface area contributed by atoms with Gasteiger partial charge in [-0.1, -0.05) is 48.2 Å². The summed E-state index contributed by atoms with van der Waals surface area (Å²) in [5, 5.41) is 31.1. The average molecular weight is 496 g/mol. The van der Waals surface area contributed by atoms with Crippen molar-refractivity contribution in [2.75, 3.05) is 19.8 Å². The fraction of sp³-hybridized carbons (Fsp3) is 0.393. The van der Waals surface area contributed by atoms with Crippen molar-refractivity contribution in [1.29, 1.82) is 0 Å². The lowest BCUT2D eigenvalue weighted by Gasteiger charge is -2.37. The van der Waals surface area contributed by atoms with Gasteiger partial charge in [0, 0.05) is 24.0 Å². The molecule has 1 aromatic heterocycles. The van der Waals surface area contributed by atoms with Crippen LogP contribution in [0.25, 0.3) is 11.1 Å². The zero-order valence-electron chi connectivity index (χ0n) is 20.1. The first-order valence-electron chi connectivity index (χ1n) is 12.1. The fourth-order valence-corrected chi connectivity index (χ4v) is 4.38. The molecule has 0 radical (unpaired) electrons. The van der Waals surface area contributed by atoms with Crippen LogP contribution in [-0.4, -0.2) is 56.6 Å². The Hall–Kier alpha value is -3.09. The summed E-state index contributed by atoms with van der Waals surface area (Å²) in [7, 11) is 0. The van der Waals surface area contributed by atoms with Crippen molar-refractivity contribution >= 4 is 0 Å². The average Bonchev–Trinajstić information content (AvgIpc) is 3.34. The molecule has 1 heterocycles. The van der Waals surface area contributed by atoms with Gasteiger partial charge in [0.1, 0.15) is 24.6 Å². The number of nitrogens with one attached hydrogen (secondary N) is 1. The van der Waals surface area contributed by atoms with Crippen LogP contribution in [0.4, 0.5) is 8.78 Å². The van der Waals surface area contributed by atoms with E-state index >= 15 is 0 Å². The Morgan fingerprint density at radius 1 is 1.08 bits per heavy atom. The van der Waals surface area contributed by atoms with E-state index in [9.17, 15) is 19.0 Å². The highest BCUT2D eigenvalue weighted by molar-refractivity contribution is 5.64. The van der Waals surface area contributed by atoms with E-state index in [1.807, 2.05) is 24.3 Å². The second kappa shape index (κ2) is 11.3. The Balaban J connectivity index is 1.35. The quantitative estimate of drug-likeness (QED) is 0.340. The Bertz CT molecular complexity index is 1190. The van der Waals surface area contributed by atoms with Crippen molar-refractivity contribution in [3.63, 3.8) is 0 Å². The molecule has 2 unspecified atom stereocenters. The first-order chi connectivity index (χ1) is 17.3.